The topological polar surface area (TPSA) is 96.7 Å². The number of aliphatic hydroxyl groups excluding tert-OH is 1. The highest BCUT2D eigenvalue weighted by Gasteiger charge is 2.28. The molecular formula is C33H34N4O4S. The van der Waals surface area contributed by atoms with Crippen LogP contribution in [-0.2, 0) is 21.3 Å². The quantitative estimate of drug-likeness (QED) is 0.235. The maximum absolute atomic E-state index is 13.4. The minimum Gasteiger partial charge on any atom is -0.379 e. The number of benzene rings is 4. The molecule has 1 aliphatic heterocycles. The number of anilines is 1. The van der Waals surface area contributed by atoms with Gasteiger partial charge in [0.1, 0.15) is 0 Å². The third-order valence-corrected chi connectivity index (χ3v) is 9.69. The van der Waals surface area contributed by atoms with E-state index in [1.165, 1.54) is 9.69 Å². The molecule has 0 bridgehead atoms. The van der Waals surface area contributed by atoms with E-state index in [1.54, 1.807) is 25.1 Å². The highest BCUT2D eigenvalue weighted by Crippen LogP contribution is 2.31. The van der Waals surface area contributed by atoms with E-state index in [4.69, 9.17) is 9.84 Å². The van der Waals surface area contributed by atoms with Crippen LogP contribution in [0.1, 0.15) is 28.5 Å². The van der Waals surface area contributed by atoms with E-state index in [-0.39, 0.29) is 4.90 Å². The summed E-state index contributed by atoms with van der Waals surface area (Å²) in [6.45, 7) is 5.72. The lowest BCUT2D eigenvalue weighted by Gasteiger charge is -2.27. The van der Waals surface area contributed by atoms with Crippen LogP contribution in [0.3, 0.4) is 0 Å². The molecule has 0 aliphatic carbocycles. The fourth-order valence-corrected chi connectivity index (χ4v) is 6.97. The van der Waals surface area contributed by atoms with Crippen molar-refractivity contribution in [2.75, 3.05) is 31.6 Å². The molecule has 216 valence electrons. The fourth-order valence-electron chi connectivity index (χ4n) is 5.31. The van der Waals surface area contributed by atoms with Gasteiger partial charge in [-0.05, 0) is 53.9 Å². The Morgan fingerprint density at radius 2 is 1.67 bits per heavy atom. The van der Waals surface area contributed by atoms with E-state index in [2.05, 4.69) is 35.6 Å². The Bertz CT molecular complexity index is 1830. The van der Waals surface area contributed by atoms with E-state index in [0.29, 0.717) is 55.4 Å². The van der Waals surface area contributed by atoms with Crippen molar-refractivity contribution >= 4 is 26.5 Å². The number of nitrogens with one attached hydrogen (secondary N) is 1. The van der Waals surface area contributed by atoms with Crippen molar-refractivity contribution in [3.63, 3.8) is 0 Å². The molecule has 1 fully saturated rings. The molecule has 2 N–H and O–H groups in total. The summed E-state index contributed by atoms with van der Waals surface area (Å²) >= 11 is 0. The Labute approximate surface area is 246 Å². The Morgan fingerprint density at radius 1 is 0.929 bits per heavy atom. The monoisotopic (exact) mass is 582 g/mol. The van der Waals surface area contributed by atoms with E-state index in [1.807, 2.05) is 54.2 Å². The van der Waals surface area contributed by atoms with Gasteiger partial charge in [0.05, 0.1) is 30.3 Å². The Morgan fingerprint density at radius 3 is 2.43 bits per heavy atom. The summed E-state index contributed by atoms with van der Waals surface area (Å²) in [6.07, 6.45) is 0.718. The molecule has 2 heterocycles. The molecule has 6 rings (SSSR count). The lowest BCUT2D eigenvalue weighted by atomic mass is 10.1. The molecule has 4 aromatic carbocycles. The molecule has 1 saturated heterocycles. The minimum atomic E-state index is -3.70. The largest absolute Gasteiger partial charge is 0.379 e. The highest BCUT2D eigenvalue weighted by molar-refractivity contribution is 7.89. The first kappa shape index (κ1) is 28.1. The molecule has 5 aromatic rings. The Hall–Kier alpha value is -4.02. The molecule has 1 aliphatic rings. The molecule has 9 heteroatoms. The highest BCUT2D eigenvalue weighted by atomic mass is 32.2. The summed E-state index contributed by atoms with van der Waals surface area (Å²) < 4.78 is 35.4. The summed E-state index contributed by atoms with van der Waals surface area (Å²) in [5.41, 5.74) is 5.50. The number of hydrogen-bond acceptors (Lipinski definition) is 6. The van der Waals surface area contributed by atoms with Crippen molar-refractivity contribution in [3.05, 3.63) is 113 Å². The number of morpholine rings is 1. The van der Waals surface area contributed by atoms with Crippen molar-refractivity contribution in [1.82, 2.24) is 14.1 Å². The number of aryl methyl sites for hydroxylation is 2. The van der Waals surface area contributed by atoms with Gasteiger partial charge in [0, 0.05) is 36.1 Å². The lowest BCUT2D eigenvalue weighted by Crippen LogP contribution is -2.40. The minimum absolute atomic E-state index is 0.215. The smallest absolute Gasteiger partial charge is 0.243 e. The maximum atomic E-state index is 13.4. The predicted molar refractivity (Wildman–Crippen MR) is 165 cm³/mol. The van der Waals surface area contributed by atoms with Crippen LogP contribution in [0.2, 0.25) is 0 Å². The number of hydrogen-bond donors (Lipinski definition) is 2. The molecule has 1 atom stereocenters. The van der Waals surface area contributed by atoms with Gasteiger partial charge in [0.25, 0.3) is 0 Å². The molecule has 0 radical (unpaired) electrons. The average Bonchev–Trinajstić information content (AvgIpc) is 3.42. The molecule has 1 aromatic heterocycles. The number of nitrogens with zero attached hydrogens (tertiary/aromatic N) is 3. The van der Waals surface area contributed by atoms with Gasteiger partial charge in [0.2, 0.25) is 10.0 Å². The molecule has 42 heavy (non-hydrogen) atoms. The van der Waals surface area contributed by atoms with Crippen molar-refractivity contribution < 1.29 is 18.3 Å². The second kappa shape index (κ2) is 11.7. The van der Waals surface area contributed by atoms with Crippen LogP contribution < -0.4 is 5.32 Å². The Balaban J connectivity index is 1.31. The van der Waals surface area contributed by atoms with E-state index >= 15 is 0 Å². The van der Waals surface area contributed by atoms with Crippen LogP contribution in [0, 0.1) is 13.8 Å². The third-order valence-electron chi connectivity index (χ3n) is 7.65. The van der Waals surface area contributed by atoms with Gasteiger partial charge in [-0.1, -0.05) is 72.3 Å². The van der Waals surface area contributed by atoms with Crippen molar-refractivity contribution in [1.29, 1.82) is 0 Å². The number of aliphatic hydroxyl groups is 1. The standard InChI is InChI=1S/C33H34N4O4S/c1-23-7-11-27(12-8-23)32-30(22-36(35-32)21-25-10-13-26-5-3-4-6-28(26)19-25)33(38)34-29-14-9-24(2)31(20-29)42(39,40)37-15-17-41-18-16-37/h3-14,19-20,22,33-34,38H,15-18,21H2,1-2H3. The lowest BCUT2D eigenvalue weighted by molar-refractivity contribution is 0.0730. The summed E-state index contributed by atoms with van der Waals surface area (Å²) in [6, 6.07) is 27.7. The molecule has 8 nitrogen and oxygen atoms in total. The van der Waals surface area contributed by atoms with Crippen molar-refractivity contribution in [2.45, 2.75) is 31.5 Å². The summed E-state index contributed by atoms with van der Waals surface area (Å²) in [5.74, 6) is 0. The molecular weight excluding hydrogens is 548 g/mol. The van der Waals surface area contributed by atoms with E-state index in [9.17, 15) is 13.5 Å². The molecule has 0 spiro atoms. The zero-order valence-corrected chi connectivity index (χ0v) is 24.5. The van der Waals surface area contributed by atoms with Crippen LogP contribution in [-0.4, -0.2) is 53.9 Å². The first-order valence-electron chi connectivity index (χ1n) is 14.0. The van der Waals surface area contributed by atoms with Gasteiger partial charge in [0.15, 0.2) is 6.23 Å². The van der Waals surface area contributed by atoms with Gasteiger partial charge in [-0.25, -0.2) is 8.42 Å². The van der Waals surface area contributed by atoms with Crippen molar-refractivity contribution in [3.8, 4) is 11.3 Å². The van der Waals surface area contributed by atoms with E-state index < -0.39 is 16.3 Å². The van der Waals surface area contributed by atoms with E-state index in [0.717, 1.165) is 22.1 Å². The molecule has 1 unspecified atom stereocenters. The number of rotatable bonds is 8. The van der Waals surface area contributed by atoms with Gasteiger partial charge < -0.3 is 15.2 Å². The zero-order valence-electron chi connectivity index (χ0n) is 23.7. The van der Waals surface area contributed by atoms with Gasteiger partial charge in [-0.15, -0.1) is 0 Å². The first-order valence-corrected chi connectivity index (χ1v) is 15.5. The van der Waals surface area contributed by atoms with Crippen LogP contribution in [0.15, 0.2) is 96.0 Å². The Kier molecular flexibility index (Phi) is 7.83. The van der Waals surface area contributed by atoms with Crippen molar-refractivity contribution in [2.24, 2.45) is 0 Å². The summed E-state index contributed by atoms with van der Waals surface area (Å²) in [7, 11) is -3.70. The maximum Gasteiger partial charge on any atom is 0.243 e. The average molecular weight is 583 g/mol. The summed E-state index contributed by atoms with van der Waals surface area (Å²) in [5, 5.41) is 21.8. The third kappa shape index (κ3) is 5.82. The fraction of sp³-hybridized carbons (Fsp3) is 0.242. The number of sulfonamides is 1. The first-order chi connectivity index (χ1) is 20.3. The number of ether oxygens (including phenoxy) is 1. The van der Waals surface area contributed by atoms with Gasteiger partial charge in [-0.3, -0.25) is 4.68 Å². The zero-order chi connectivity index (χ0) is 29.3. The number of aromatic nitrogens is 2. The van der Waals surface area contributed by atoms with Crippen LogP contribution in [0.5, 0.6) is 0 Å². The second-order valence-electron chi connectivity index (χ2n) is 10.7. The SMILES string of the molecule is Cc1ccc(-c2nn(Cc3ccc4ccccc4c3)cc2C(O)Nc2ccc(C)c(S(=O)(=O)N3CCOCC3)c2)cc1. The number of fused-ring (bicyclic) bond motifs is 1. The van der Waals surface area contributed by atoms with Gasteiger partial charge in [-0.2, -0.15) is 9.40 Å². The molecule has 0 amide bonds. The van der Waals surface area contributed by atoms with Gasteiger partial charge >= 0.3 is 0 Å². The van der Waals surface area contributed by atoms with Crippen LogP contribution >= 0.6 is 0 Å². The van der Waals surface area contributed by atoms with Crippen LogP contribution in [0.4, 0.5) is 5.69 Å². The normalized spacial score (nSPS) is 15.1. The molecule has 0 saturated carbocycles. The summed E-state index contributed by atoms with van der Waals surface area (Å²) in [4.78, 5) is 0.215. The van der Waals surface area contributed by atoms with Crippen LogP contribution in [0.25, 0.3) is 22.0 Å². The second-order valence-corrected chi connectivity index (χ2v) is 12.6. The predicted octanol–water partition coefficient (Wildman–Crippen LogP) is 5.49.